The summed E-state index contributed by atoms with van der Waals surface area (Å²) in [6, 6.07) is 9.34. The molecule has 0 unspecified atom stereocenters. The van der Waals surface area contributed by atoms with Crippen LogP contribution >= 0.6 is 0 Å². The largest absolute Gasteiger partial charge is 0.491 e. The summed E-state index contributed by atoms with van der Waals surface area (Å²) in [6.07, 6.45) is -0.0342. The average molecular weight is 456 g/mol. The Balaban J connectivity index is 1.82. The summed E-state index contributed by atoms with van der Waals surface area (Å²) >= 11 is 0. The molecule has 1 amide bonds. The third-order valence-corrected chi connectivity index (χ3v) is 8.79. The minimum atomic E-state index is -4.01. The molecule has 7 nitrogen and oxygen atoms in total. The van der Waals surface area contributed by atoms with Crippen LogP contribution in [0.5, 0.6) is 5.75 Å². The molecule has 0 aromatic heterocycles. The molecule has 10 heteroatoms. The Morgan fingerprint density at radius 3 is 2.40 bits per heavy atom. The maximum Gasteiger partial charge on any atom is 0.258 e. The zero-order valence-corrected chi connectivity index (χ0v) is 18.1. The van der Waals surface area contributed by atoms with Gasteiger partial charge in [0.2, 0.25) is 0 Å². The topological polar surface area (TPSA) is 107 Å². The highest BCUT2D eigenvalue weighted by Crippen LogP contribution is 2.27. The fraction of sp³-hybridized carbons (Fsp3) is 0.350. The van der Waals surface area contributed by atoms with Crippen LogP contribution in [0.15, 0.2) is 47.4 Å². The number of ether oxygens (including phenoxy) is 1. The molecular formula is C20H22FNO6S2. The van der Waals surface area contributed by atoms with Crippen molar-refractivity contribution in [3.05, 3.63) is 53.8 Å². The lowest BCUT2D eigenvalue weighted by atomic mass is 10.2. The summed E-state index contributed by atoms with van der Waals surface area (Å²) in [5, 5.41) is 1.42. The standard InChI is InChI=1S/C20H22FNO6S2/c1-13(2)28-15-5-3-14(4-6-15)22-20(23)18-11-16(7-8-19(18)21)30(26,27)17-9-10-29(24,25)12-17/h3-8,11,13,17H,9-10,12H2,1-2H3,(H,22,23)/t17-/m0/s1. The van der Waals surface area contributed by atoms with E-state index in [4.69, 9.17) is 4.74 Å². The molecule has 1 atom stereocenters. The summed E-state index contributed by atoms with van der Waals surface area (Å²) in [6.45, 7) is 3.75. The Bertz CT molecular complexity index is 1160. The second kappa shape index (κ2) is 8.35. The van der Waals surface area contributed by atoms with Gasteiger partial charge in [0, 0.05) is 5.69 Å². The predicted molar refractivity (Wildman–Crippen MR) is 111 cm³/mol. The van der Waals surface area contributed by atoms with E-state index in [9.17, 15) is 26.0 Å². The molecule has 3 rings (SSSR count). The van der Waals surface area contributed by atoms with Crippen molar-refractivity contribution in [2.24, 2.45) is 0 Å². The number of sulfone groups is 2. The molecule has 30 heavy (non-hydrogen) atoms. The van der Waals surface area contributed by atoms with Crippen molar-refractivity contribution >= 4 is 31.3 Å². The molecule has 1 fully saturated rings. The first-order chi connectivity index (χ1) is 14.0. The fourth-order valence-corrected chi connectivity index (χ4v) is 7.53. The van der Waals surface area contributed by atoms with Crippen LogP contribution in [0.1, 0.15) is 30.6 Å². The molecule has 1 N–H and O–H groups in total. The molecule has 1 heterocycles. The van der Waals surface area contributed by atoms with E-state index in [2.05, 4.69) is 5.32 Å². The van der Waals surface area contributed by atoms with Gasteiger partial charge in [0.25, 0.3) is 5.91 Å². The van der Waals surface area contributed by atoms with Gasteiger partial charge in [-0.3, -0.25) is 4.79 Å². The van der Waals surface area contributed by atoms with Crippen LogP contribution < -0.4 is 10.1 Å². The van der Waals surface area contributed by atoms with E-state index in [1.165, 1.54) is 0 Å². The molecule has 1 aliphatic heterocycles. The minimum absolute atomic E-state index is 0.0147. The second-order valence-corrected chi connectivity index (χ2v) is 11.8. The number of hydrogen-bond acceptors (Lipinski definition) is 6. The van der Waals surface area contributed by atoms with E-state index in [0.717, 1.165) is 18.2 Å². The number of amides is 1. The Kier molecular flexibility index (Phi) is 6.19. The zero-order chi connectivity index (χ0) is 22.1. The molecule has 0 aliphatic carbocycles. The van der Waals surface area contributed by atoms with E-state index in [1.54, 1.807) is 24.3 Å². The van der Waals surface area contributed by atoms with Crippen molar-refractivity contribution in [1.29, 1.82) is 0 Å². The van der Waals surface area contributed by atoms with Gasteiger partial charge in [-0.05, 0) is 62.7 Å². The second-order valence-electron chi connectivity index (χ2n) is 7.36. The van der Waals surface area contributed by atoms with Crippen LogP contribution in [0.2, 0.25) is 0 Å². The highest BCUT2D eigenvalue weighted by molar-refractivity contribution is 7.96. The van der Waals surface area contributed by atoms with Gasteiger partial charge in [0.05, 0.1) is 33.3 Å². The molecule has 1 saturated heterocycles. The van der Waals surface area contributed by atoms with Crippen molar-refractivity contribution in [3.8, 4) is 5.75 Å². The van der Waals surface area contributed by atoms with Crippen molar-refractivity contribution in [2.45, 2.75) is 36.5 Å². The Hall–Kier alpha value is -2.46. The average Bonchev–Trinajstić information content (AvgIpc) is 3.03. The molecule has 0 saturated carbocycles. The number of halogens is 1. The lowest BCUT2D eigenvalue weighted by Crippen LogP contribution is -2.23. The fourth-order valence-electron chi connectivity index (χ4n) is 3.14. The lowest BCUT2D eigenvalue weighted by Gasteiger charge is -2.13. The van der Waals surface area contributed by atoms with E-state index < -0.39 is 48.0 Å². The first-order valence-electron chi connectivity index (χ1n) is 9.30. The third-order valence-electron chi connectivity index (χ3n) is 4.62. The van der Waals surface area contributed by atoms with Crippen LogP contribution in [0, 0.1) is 5.82 Å². The van der Waals surface area contributed by atoms with Crippen molar-refractivity contribution < 1.29 is 30.8 Å². The molecule has 0 spiro atoms. The highest BCUT2D eigenvalue weighted by Gasteiger charge is 2.38. The smallest absolute Gasteiger partial charge is 0.258 e. The van der Waals surface area contributed by atoms with Crippen molar-refractivity contribution in [2.75, 3.05) is 16.8 Å². The molecule has 2 aromatic rings. The van der Waals surface area contributed by atoms with Crippen molar-refractivity contribution in [1.82, 2.24) is 0 Å². The van der Waals surface area contributed by atoms with Gasteiger partial charge in [-0.25, -0.2) is 21.2 Å². The number of rotatable bonds is 6. The van der Waals surface area contributed by atoms with E-state index >= 15 is 0 Å². The highest BCUT2D eigenvalue weighted by atomic mass is 32.2. The molecule has 162 valence electrons. The van der Waals surface area contributed by atoms with Gasteiger partial charge >= 0.3 is 0 Å². The summed E-state index contributed by atoms with van der Waals surface area (Å²) in [5.41, 5.74) is -0.0647. The molecular weight excluding hydrogens is 433 g/mol. The van der Waals surface area contributed by atoms with Gasteiger partial charge in [0.1, 0.15) is 11.6 Å². The Labute approximate surface area is 175 Å². The van der Waals surface area contributed by atoms with Crippen molar-refractivity contribution in [3.63, 3.8) is 0 Å². The molecule has 0 radical (unpaired) electrons. The first-order valence-corrected chi connectivity index (χ1v) is 12.7. The third kappa shape index (κ3) is 4.99. The first kappa shape index (κ1) is 22.2. The quantitative estimate of drug-likeness (QED) is 0.672. The zero-order valence-electron chi connectivity index (χ0n) is 16.5. The van der Waals surface area contributed by atoms with E-state index in [0.29, 0.717) is 11.4 Å². The van der Waals surface area contributed by atoms with Gasteiger partial charge in [-0.1, -0.05) is 0 Å². The predicted octanol–water partition coefficient (Wildman–Crippen LogP) is 2.83. The van der Waals surface area contributed by atoms with Crippen LogP contribution in [0.3, 0.4) is 0 Å². The Morgan fingerprint density at radius 2 is 1.83 bits per heavy atom. The van der Waals surface area contributed by atoms with Gasteiger partial charge in [0.15, 0.2) is 19.7 Å². The number of benzene rings is 2. The summed E-state index contributed by atoms with van der Waals surface area (Å²) in [4.78, 5) is 12.2. The number of carbonyl (C=O) groups is 1. The molecule has 0 bridgehead atoms. The summed E-state index contributed by atoms with van der Waals surface area (Å²) in [5.74, 6) is -1.78. The SMILES string of the molecule is CC(C)Oc1ccc(NC(=O)c2cc(S(=O)(=O)[C@H]3CCS(=O)(=O)C3)ccc2F)cc1. The maximum atomic E-state index is 14.2. The number of anilines is 1. The van der Waals surface area contributed by atoms with E-state index in [1.807, 2.05) is 13.8 Å². The number of carbonyl (C=O) groups excluding carboxylic acids is 1. The van der Waals surface area contributed by atoms with Crippen LogP contribution in [0.25, 0.3) is 0 Å². The van der Waals surface area contributed by atoms with E-state index in [-0.39, 0.29) is 23.2 Å². The van der Waals surface area contributed by atoms with Gasteiger partial charge in [-0.2, -0.15) is 0 Å². The van der Waals surface area contributed by atoms with Gasteiger partial charge in [-0.15, -0.1) is 0 Å². The Morgan fingerprint density at radius 1 is 1.17 bits per heavy atom. The number of hydrogen-bond donors (Lipinski definition) is 1. The minimum Gasteiger partial charge on any atom is -0.491 e. The monoisotopic (exact) mass is 455 g/mol. The molecule has 1 aliphatic rings. The summed E-state index contributed by atoms with van der Waals surface area (Å²) < 4.78 is 68.6. The number of nitrogens with one attached hydrogen (secondary N) is 1. The normalized spacial score (nSPS) is 18.3. The molecule has 2 aromatic carbocycles. The van der Waals surface area contributed by atoms with Crippen LogP contribution in [0.4, 0.5) is 10.1 Å². The maximum absolute atomic E-state index is 14.2. The summed E-state index contributed by atoms with van der Waals surface area (Å²) in [7, 11) is -7.43. The van der Waals surface area contributed by atoms with Crippen LogP contribution in [-0.2, 0) is 19.7 Å². The lowest BCUT2D eigenvalue weighted by molar-refractivity contribution is 0.102. The van der Waals surface area contributed by atoms with Gasteiger partial charge < -0.3 is 10.1 Å². The van der Waals surface area contributed by atoms with Crippen LogP contribution in [-0.4, -0.2) is 45.6 Å².